The van der Waals surface area contributed by atoms with Gasteiger partial charge in [-0.25, -0.2) is 8.42 Å². The largest absolute Gasteiger partial charge is 0.381 e. The fourth-order valence-electron chi connectivity index (χ4n) is 3.31. The Morgan fingerprint density at radius 3 is 2.23 bits per heavy atom. The van der Waals surface area contributed by atoms with Gasteiger partial charge in [-0.15, -0.1) is 0 Å². The van der Waals surface area contributed by atoms with E-state index in [2.05, 4.69) is 53.1 Å². The zero-order valence-electron chi connectivity index (χ0n) is 19.2. The van der Waals surface area contributed by atoms with Crippen molar-refractivity contribution in [3.05, 3.63) is 54.1 Å². The molecule has 2 aromatic carbocycles. The normalized spacial score (nSPS) is 17.6. The third kappa shape index (κ3) is 6.14. The van der Waals surface area contributed by atoms with Crippen LogP contribution in [0.4, 0.5) is 17.1 Å². The van der Waals surface area contributed by atoms with Gasteiger partial charge >= 0.3 is 0 Å². The molecule has 1 fully saturated rings. The zero-order valence-corrected chi connectivity index (χ0v) is 20.0. The van der Waals surface area contributed by atoms with E-state index < -0.39 is 14.8 Å². The van der Waals surface area contributed by atoms with Gasteiger partial charge in [0.05, 0.1) is 17.5 Å². The van der Waals surface area contributed by atoms with Crippen LogP contribution in [-0.2, 0) is 21.3 Å². The minimum Gasteiger partial charge on any atom is -0.381 e. The number of benzene rings is 2. The molecular weight excluding hydrogens is 410 g/mol. The lowest BCUT2D eigenvalue weighted by Gasteiger charge is -2.36. The number of nitrogens with one attached hydrogen (secondary N) is 2. The second-order valence-corrected chi connectivity index (χ2v) is 11.9. The SMILES string of the molecule is CC(C)C1CN(c2ccc(NCc3ccc(NS(=O)(=O)C(C)(C)C)cc3)cc2)CCO1. The van der Waals surface area contributed by atoms with E-state index in [-0.39, 0.29) is 6.10 Å². The molecule has 0 aromatic heterocycles. The van der Waals surface area contributed by atoms with Crippen LogP contribution in [0.25, 0.3) is 0 Å². The van der Waals surface area contributed by atoms with Crippen molar-refractivity contribution in [2.45, 2.75) is 52.0 Å². The van der Waals surface area contributed by atoms with Crippen molar-refractivity contribution in [1.82, 2.24) is 0 Å². The Hall–Kier alpha value is -2.25. The number of hydrogen-bond donors (Lipinski definition) is 2. The molecule has 1 unspecified atom stereocenters. The molecular formula is C24H35N3O3S. The van der Waals surface area contributed by atoms with Gasteiger partial charge in [0, 0.05) is 36.7 Å². The molecule has 7 heteroatoms. The summed E-state index contributed by atoms with van der Waals surface area (Å²) in [5.74, 6) is 0.513. The van der Waals surface area contributed by atoms with Crippen LogP contribution in [0.5, 0.6) is 0 Å². The van der Waals surface area contributed by atoms with E-state index in [1.54, 1.807) is 32.9 Å². The van der Waals surface area contributed by atoms with Gasteiger partial charge in [-0.1, -0.05) is 26.0 Å². The highest BCUT2D eigenvalue weighted by molar-refractivity contribution is 7.94. The molecule has 1 aliphatic heterocycles. The number of nitrogens with zero attached hydrogens (tertiary/aromatic N) is 1. The van der Waals surface area contributed by atoms with Crippen molar-refractivity contribution >= 4 is 27.1 Å². The summed E-state index contributed by atoms with van der Waals surface area (Å²) in [5, 5.41) is 3.43. The first-order chi connectivity index (χ1) is 14.5. The van der Waals surface area contributed by atoms with E-state index in [1.165, 1.54) is 5.69 Å². The van der Waals surface area contributed by atoms with Crippen molar-refractivity contribution in [1.29, 1.82) is 0 Å². The molecule has 1 aliphatic rings. The maximum absolute atomic E-state index is 12.3. The summed E-state index contributed by atoms with van der Waals surface area (Å²) in [6.07, 6.45) is 0.280. The summed E-state index contributed by atoms with van der Waals surface area (Å²) < 4.78 is 32.2. The first-order valence-electron chi connectivity index (χ1n) is 10.9. The van der Waals surface area contributed by atoms with Gasteiger partial charge in [0.1, 0.15) is 0 Å². The molecule has 1 saturated heterocycles. The Labute approximate surface area is 187 Å². The lowest BCUT2D eigenvalue weighted by molar-refractivity contribution is 0.0114. The van der Waals surface area contributed by atoms with Crippen LogP contribution >= 0.6 is 0 Å². The number of sulfonamides is 1. The summed E-state index contributed by atoms with van der Waals surface area (Å²) in [6, 6.07) is 16.0. The lowest BCUT2D eigenvalue weighted by Crippen LogP contribution is -2.44. The van der Waals surface area contributed by atoms with Crippen molar-refractivity contribution in [3.63, 3.8) is 0 Å². The molecule has 0 aliphatic carbocycles. The molecule has 3 rings (SSSR count). The van der Waals surface area contributed by atoms with Crippen LogP contribution < -0.4 is 14.9 Å². The smallest absolute Gasteiger partial charge is 0.237 e. The molecule has 1 atom stereocenters. The monoisotopic (exact) mass is 445 g/mol. The fourth-order valence-corrected chi connectivity index (χ4v) is 4.06. The molecule has 6 nitrogen and oxygen atoms in total. The first-order valence-corrected chi connectivity index (χ1v) is 12.4. The number of rotatable bonds is 7. The third-order valence-corrected chi connectivity index (χ3v) is 7.70. The fraction of sp³-hybridized carbons (Fsp3) is 0.500. The van der Waals surface area contributed by atoms with E-state index in [0.717, 1.165) is 30.9 Å². The second-order valence-electron chi connectivity index (χ2n) is 9.41. The Kier molecular flexibility index (Phi) is 7.17. The Bertz CT molecular complexity index is 949. The maximum Gasteiger partial charge on any atom is 0.237 e. The van der Waals surface area contributed by atoms with E-state index in [9.17, 15) is 8.42 Å². The summed E-state index contributed by atoms with van der Waals surface area (Å²) in [7, 11) is -3.42. The van der Waals surface area contributed by atoms with Gasteiger partial charge in [-0.3, -0.25) is 4.72 Å². The van der Waals surface area contributed by atoms with Crippen LogP contribution in [0.15, 0.2) is 48.5 Å². The summed E-state index contributed by atoms with van der Waals surface area (Å²) >= 11 is 0. The van der Waals surface area contributed by atoms with Crippen LogP contribution in [-0.4, -0.2) is 39.0 Å². The number of morpholine rings is 1. The highest BCUT2D eigenvalue weighted by Gasteiger charge is 2.28. The topological polar surface area (TPSA) is 70.7 Å². The minimum atomic E-state index is -3.42. The average Bonchev–Trinajstić information content (AvgIpc) is 2.73. The van der Waals surface area contributed by atoms with Crippen LogP contribution in [0, 0.1) is 5.92 Å². The number of anilines is 3. The molecule has 0 amide bonds. The molecule has 1 heterocycles. The molecule has 2 N–H and O–H groups in total. The quantitative estimate of drug-likeness (QED) is 0.646. The zero-order chi connectivity index (χ0) is 22.6. The Morgan fingerprint density at radius 2 is 1.65 bits per heavy atom. The summed E-state index contributed by atoms with van der Waals surface area (Å²) in [5.41, 5.74) is 3.92. The van der Waals surface area contributed by atoms with Crippen LogP contribution in [0.2, 0.25) is 0 Å². The molecule has 0 saturated carbocycles. The maximum atomic E-state index is 12.3. The Balaban J connectivity index is 1.54. The van der Waals surface area contributed by atoms with Crippen molar-refractivity contribution in [2.75, 3.05) is 34.6 Å². The molecule has 31 heavy (non-hydrogen) atoms. The molecule has 170 valence electrons. The van der Waals surface area contributed by atoms with E-state index in [1.807, 2.05) is 12.1 Å². The van der Waals surface area contributed by atoms with Crippen LogP contribution in [0.1, 0.15) is 40.2 Å². The predicted octanol–water partition coefficient (Wildman–Crippen LogP) is 4.70. The number of ether oxygens (including phenoxy) is 1. The Morgan fingerprint density at radius 1 is 1.03 bits per heavy atom. The van der Waals surface area contributed by atoms with Crippen molar-refractivity contribution in [3.8, 4) is 0 Å². The lowest BCUT2D eigenvalue weighted by atomic mass is 10.1. The van der Waals surface area contributed by atoms with Crippen molar-refractivity contribution < 1.29 is 13.2 Å². The number of hydrogen-bond acceptors (Lipinski definition) is 5. The van der Waals surface area contributed by atoms with Gasteiger partial charge in [-0.2, -0.15) is 0 Å². The minimum absolute atomic E-state index is 0.280. The summed E-state index contributed by atoms with van der Waals surface area (Å²) in [6.45, 7) is 12.7. The predicted molar refractivity (Wildman–Crippen MR) is 129 cm³/mol. The first kappa shape index (κ1) is 23.4. The van der Waals surface area contributed by atoms with Gasteiger partial charge in [0.15, 0.2) is 0 Å². The van der Waals surface area contributed by atoms with Gasteiger partial charge in [0.25, 0.3) is 0 Å². The van der Waals surface area contributed by atoms with Gasteiger partial charge < -0.3 is 15.0 Å². The standard InChI is InChI=1S/C24H35N3O3S/c1-18(2)23-17-27(14-15-30-23)22-12-10-20(11-13-22)25-16-19-6-8-21(9-7-19)26-31(28,29)24(3,4)5/h6-13,18,23,25-26H,14-17H2,1-5H3. The molecule has 0 spiro atoms. The second kappa shape index (κ2) is 9.49. The van der Waals surface area contributed by atoms with E-state index >= 15 is 0 Å². The highest BCUT2D eigenvalue weighted by Crippen LogP contribution is 2.23. The van der Waals surface area contributed by atoms with Crippen LogP contribution in [0.3, 0.4) is 0 Å². The summed E-state index contributed by atoms with van der Waals surface area (Å²) in [4.78, 5) is 2.38. The van der Waals surface area contributed by atoms with Crippen molar-refractivity contribution in [2.24, 2.45) is 5.92 Å². The highest BCUT2D eigenvalue weighted by atomic mass is 32.2. The molecule has 2 aromatic rings. The van der Waals surface area contributed by atoms with E-state index in [0.29, 0.717) is 18.2 Å². The molecule has 0 radical (unpaired) electrons. The van der Waals surface area contributed by atoms with Gasteiger partial charge in [-0.05, 0) is 68.7 Å². The average molecular weight is 446 g/mol. The van der Waals surface area contributed by atoms with Gasteiger partial charge in [0.2, 0.25) is 10.0 Å². The molecule has 0 bridgehead atoms. The third-order valence-electron chi connectivity index (χ3n) is 5.58. The van der Waals surface area contributed by atoms with E-state index in [4.69, 9.17) is 4.74 Å².